The van der Waals surface area contributed by atoms with Gasteiger partial charge in [0.25, 0.3) is 0 Å². The van der Waals surface area contributed by atoms with Crippen molar-refractivity contribution in [1.82, 2.24) is 9.62 Å². The summed E-state index contributed by atoms with van der Waals surface area (Å²) in [5.41, 5.74) is 0. The highest BCUT2D eigenvalue weighted by molar-refractivity contribution is 7.89. The van der Waals surface area contributed by atoms with Crippen molar-refractivity contribution in [3.05, 3.63) is 29.3 Å². The third kappa shape index (κ3) is 3.26. The topological polar surface area (TPSA) is 49.4 Å². The minimum atomic E-state index is -3.37. The molecular weight excluding hydrogens is 308 g/mol. The van der Waals surface area contributed by atoms with Crippen LogP contribution in [0, 0.1) is 5.92 Å². The number of hydrogen-bond acceptors (Lipinski definition) is 3. The van der Waals surface area contributed by atoms with Crippen LogP contribution in [-0.4, -0.2) is 38.4 Å². The SMILES string of the molecule is O=S(=O)(c1ccc(Cl)cc1)N1CCC(C2CCCN2)CC1. The molecule has 1 unspecified atom stereocenters. The van der Waals surface area contributed by atoms with Gasteiger partial charge in [-0.25, -0.2) is 8.42 Å². The van der Waals surface area contributed by atoms with Crippen LogP contribution in [-0.2, 0) is 10.0 Å². The summed E-state index contributed by atoms with van der Waals surface area (Å²) in [4.78, 5) is 0.337. The minimum Gasteiger partial charge on any atom is -0.314 e. The maximum absolute atomic E-state index is 12.6. The Morgan fingerprint density at radius 3 is 2.33 bits per heavy atom. The van der Waals surface area contributed by atoms with Crippen LogP contribution in [0.5, 0.6) is 0 Å². The maximum Gasteiger partial charge on any atom is 0.243 e. The van der Waals surface area contributed by atoms with E-state index in [9.17, 15) is 8.42 Å². The van der Waals surface area contributed by atoms with E-state index in [2.05, 4.69) is 5.32 Å². The number of piperidine rings is 1. The lowest BCUT2D eigenvalue weighted by atomic mass is 9.89. The Kier molecular flexibility index (Phi) is 4.54. The fourth-order valence-corrected chi connectivity index (χ4v) is 4.98. The molecule has 0 aliphatic carbocycles. The Bertz CT molecular complexity index is 574. The van der Waals surface area contributed by atoms with Crippen LogP contribution in [0.2, 0.25) is 5.02 Å². The fourth-order valence-electron chi connectivity index (χ4n) is 3.39. The van der Waals surface area contributed by atoms with Gasteiger partial charge in [-0.2, -0.15) is 4.31 Å². The summed E-state index contributed by atoms with van der Waals surface area (Å²) in [7, 11) is -3.37. The summed E-state index contributed by atoms with van der Waals surface area (Å²) in [5.74, 6) is 0.615. The molecule has 116 valence electrons. The average Bonchev–Trinajstić information content (AvgIpc) is 3.02. The molecule has 2 fully saturated rings. The molecule has 2 aliphatic rings. The van der Waals surface area contributed by atoms with Gasteiger partial charge in [0.05, 0.1) is 4.90 Å². The van der Waals surface area contributed by atoms with Gasteiger partial charge in [-0.3, -0.25) is 0 Å². The van der Waals surface area contributed by atoms with Crippen LogP contribution in [0.1, 0.15) is 25.7 Å². The maximum atomic E-state index is 12.6. The Balaban J connectivity index is 1.66. The number of nitrogens with zero attached hydrogens (tertiary/aromatic N) is 1. The Labute approximate surface area is 131 Å². The number of halogens is 1. The van der Waals surface area contributed by atoms with E-state index in [0.717, 1.165) is 19.4 Å². The van der Waals surface area contributed by atoms with Crippen molar-refractivity contribution in [1.29, 1.82) is 0 Å². The van der Waals surface area contributed by atoms with Crippen LogP contribution in [0.15, 0.2) is 29.2 Å². The van der Waals surface area contributed by atoms with Crippen LogP contribution in [0.4, 0.5) is 0 Å². The predicted molar refractivity (Wildman–Crippen MR) is 84.0 cm³/mol. The molecule has 1 aromatic rings. The van der Waals surface area contributed by atoms with E-state index < -0.39 is 10.0 Å². The van der Waals surface area contributed by atoms with Crippen molar-refractivity contribution in [2.24, 2.45) is 5.92 Å². The van der Waals surface area contributed by atoms with E-state index in [1.165, 1.54) is 12.8 Å². The highest BCUT2D eigenvalue weighted by Crippen LogP contribution is 2.28. The number of benzene rings is 1. The van der Waals surface area contributed by atoms with Gasteiger partial charge in [0.15, 0.2) is 0 Å². The van der Waals surface area contributed by atoms with E-state index in [1.807, 2.05) is 0 Å². The monoisotopic (exact) mass is 328 g/mol. The van der Waals surface area contributed by atoms with Crippen LogP contribution in [0.25, 0.3) is 0 Å². The second kappa shape index (κ2) is 6.24. The second-order valence-electron chi connectivity index (χ2n) is 5.90. The average molecular weight is 329 g/mol. The molecule has 3 rings (SSSR count). The molecule has 1 atom stereocenters. The minimum absolute atomic E-state index is 0.337. The lowest BCUT2D eigenvalue weighted by Gasteiger charge is -2.34. The zero-order valence-electron chi connectivity index (χ0n) is 12.0. The van der Waals surface area contributed by atoms with Gasteiger partial charge in [0, 0.05) is 24.2 Å². The largest absolute Gasteiger partial charge is 0.314 e. The van der Waals surface area contributed by atoms with Crippen molar-refractivity contribution in [3.8, 4) is 0 Å². The Morgan fingerprint density at radius 1 is 1.10 bits per heavy atom. The first-order valence-corrected chi connectivity index (χ1v) is 9.38. The van der Waals surface area contributed by atoms with E-state index >= 15 is 0 Å². The van der Waals surface area contributed by atoms with Gasteiger partial charge in [0.2, 0.25) is 10.0 Å². The molecule has 0 aromatic heterocycles. The quantitative estimate of drug-likeness (QED) is 0.927. The third-order valence-corrected chi connectivity index (χ3v) is 6.78. The molecule has 1 N–H and O–H groups in total. The van der Waals surface area contributed by atoms with Crippen LogP contribution >= 0.6 is 11.6 Å². The summed E-state index contributed by atoms with van der Waals surface area (Å²) >= 11 is 5.82. The first-order chi connectivity index (χ1) is 10.1. The fraction of sp³-hybridized carbons (Fsp3) is 0.600. The van der Waals surface area contributed by atoms with Crippen LogP contribution < -0.4 is 5.32 Å². The molecule has 1 aromatic carbocycles. The highest BCUT2D eigenvalue weighted by Gasteiger charge is 2.33. The zero-order valence-corrected chi connectivity index (χ0v) is 13.5. The van der Waals surface area contributed by atoms with Crippen molar-refractivity contribution in [2.75, 3.05) is 19.6 Å². The number of rotatable bonds is 3. The molecular formula is C15H21ClN2O2S. The predicted octanol–water partition coefficient (Wildman–Crippen LogP) is 2.49. The zero-order chi connectivity index (χ0) is 14.9. The Hall–Kier alpha value is -0.620. The molecule has 21 heavy (non-hydrogen) atoms. The van der Waals surface area contributed by atoms with Gasteiger partial charge < -0.3 is 5.32 Å². The number of nitrogens with one attached hydrogen (secondary N) is 1. The standard InChI is InChI=1S/C15H21ClN2O2S/c16-13-3-5-14(6-4-13)21(19,20)18-10-7-12(8-11-18)15-2-1-9-17-15/h3-6,12,15,17H,1-2,7-11H2. The lowest BCUT2D eigenvalue weighted by molar-refractivity contribution is 0.234. The van der Waals surface area contributed by atoms with E-state index in [0.29, 0.717) is 35.0 Å². The third-order valence-electron chi connectivity index (χ3n) is 4.62. The van der Waals surface area contributed by atoms with E-state index in [4.69, 9.17) is 11.6 Å². The summed E-state index contributed by atoms with van der Waals surface area (Å²) < 4.78 is 26.8. The summed E-state index contributed by atoms with van der Waals surface area (Å²) in [5, 5.41) is 4.09. The summed E-state index contributed by atoms with van der Waals surface area (Å²) in [6.07, 6.45) is 4.37. The molecule has 0 bridgehead atoms. The molecule has 0 saturated carbocycles. The summed E-state index contributed by atoms with van der Waals surface area (Å²) in [6, 6.07) is 7.02. The normalized spacial score (nSPS) is 25.3. The van der Waals surface area contributed by atoms with Crippen molar-refractivity contribution < 1.29 is 8.42 Å². The lowest BCUT2D eigenvalue weighted by Crippen LogP contribution is -2.43. The Morgan fingerprint density at radius 2 is 1.76 bits per heavy atom. The second-order valence-corrected chi connectivity index (χ2v) is 8.27. The number of hydrogen-bond donors (Lipinski definition) is 1. The van der Waals surface area contributed by atoms with Crippen molar-refractivity contribution >= 4 is 21.6 Å². The smallest absolute Gasteiger partial charge is 0.243 e. The van der Waals surface area contributed by atoms with Gasteiger partial charge in [-0.1, -0.05) is 11.6 Å². The van der Waals surface area contributed by atoms with Gasteiger partial charge in [-0.05, 0) is 62.4 Å². The van der Waals surface area contributed by atoms with Gasteiger partial charge in [0.1, 0.15) is 0 Å². The van der Waals surface area contributed by atoms with E-state index in [1.54, 1.807) is 28.6 Å². The molecule has 6 heteroatoms. The first kappa shape index (κ1) is 15.3. The molecule has 0 amide bonds. The molecule has 0 radical (unpaired) electrons. The van der Waals surface area contributed by atoms with Crippen molar-refractivity contribution in [2.45, 2.75) is 36.6 Å². The molecule has 2 saturated heterocycles. The molecule has 4 nitrogen and oxygen atoms in total. The van der Waals surface area contributed by atoms with Gasteiger partial charge >= 0.3 is 0 Å². The molecule has 2 heterocycles. The van der Waals surface area contributed by atoms with Crippen molar-refractivity contribution in [3.63, 3.8) is 0 Å². The summed E-state index contributed by atoms with van der Waals surface area (Å²) in [6.45, 7) is 2.34. The van der Waals surface area contributed by atoms with Crippen LogP contribution in [0.3, 0.4) is 0 Å². The van der Waals surface area contributed by atoms with Gasteiger partial charge in [-0.15, -0.1) is 0 Å². The number of sulfonamides is 1. The highest BCUT2D eigenvalue weighted by atomic mass is 35.5. The molecule has 2 aliphatic heterocycles. The van der Waals surface area contributed by atoms with E-state index in [-0.39, 0.29) is 0 Å². The first-order valence-electron chi connectivity index (χ1n) is 7.56. The molecule has 0 spiro atoms.